The van der Waals surface area contributed by atoms with Crippen LogP contribution in [0.1, 0.15) is 48.7 Å². The molecule has 4 aromatic rings. The smallest absolute Gasteiger partial charge is 0.251 e. The molecule has 43 heavy (non-hydrogen) atoms. The molecule has 1 heterocycles. The molecule has 9 heteroatoms. The molecule has 0 aliphatic heterocycles. The highest BCUT2D eigenvalue weighted by Gasteiger charge is 2.27. The Hall–Kier alpha value is -4.47. The molecule has 1 aromatic heterocycles. The number of H-pyrrole nitrogens is 1. The molecule has 6 N–H and O–H groups in total. The van der Waals surface area contributed by atoms with Crippen LogP contribution in [-0.4, -0.2) is 59.1 Å². The highest BCUT2D eigenvalue weighted by Crippen LogP contribution is 2.24. The van der Waals surface area contributed by atoms with Crippen molar-refractivity contribution in [3.63, 3.8) is 0 Å². The maximum atomic E-state index is 13.5. The molecule has 0 saturated heterocycles. The van der Waals surface area contributed by atoms with Gasteiger partial charge in [0.25, 0.3) is 5.91 Å². The number of β-amino-alcohol motifs (C(OH)–C–C–N with tert-alkyl or cyclic N) is 1. The first kappa shape index (κ1) is 31.5. The summed E-state index contributed by atoms with van der Waals surface area (Å²) < 4.78 is 0. The minimum absolute atomic E-state index is 0.135. The number of para-hydroxylation sites is 1. The maximum Gasteiger partial charge on any atom is 0.251 e. The van der Waals surface area contributed by atoms with Crippen LogP contribution in [0.3, 0.4) is 0 Å². The van der Waals surface area contributed by atoms with Crippen molar-refractivity contribution in [1.29, 1.82) is 0 Å². The lowest BCUT2D eigenvalue weighted by molar-refractivity contribution is -0.129. The molecule has 0 aliphatic carbocycles. The number of aliphatic hydroxyl groups excluding tert-OH is 1. The average Bonchev–Trinajstić information content (AvgIpc) is 3.41. The van der Waals surface area contributed by atoms with E-state index in [9.17, 15) is 19.5 Å². The van der Waals surface area contributed by atoms with E-state index in [1.165, 1.54) is 0 Å². The number of carbonyl (C=O) groups excluding carboxylic acids is 3. The van der Waals surface area contributed by atoms with Crippen LogP contribution >= 0.6 is 0 Å². The van der Waals surface area contributed by atoms with Crippen LogP contribution < -0.4 is 21.3 Å². The zero-order chi connectivity index (χ0) is 31.0. The van der Waals surface area contributed by atoms with Crippen molar-refractivity contribution in [3.05, 3.63) is 95.7 Å². The molecule has 0 saturated carbocycles. The second-order valence-corrected chi connectivity index (χ2v) is 11.5. The molecule has 0 aliphatic rings. The van der Waals surface area contributed by atoms with Gasteiger partial charge in [-0.1, -0.05) is 60.7 Å². The molecule has 2 atom stereocenters. The van der Waals surface area contributed by atoms with Crippen LogP contribution in [0.15, 0.2) is 79.0 Å². The molecular formula is C34H41N5O4. The van der Waals surface area contributed by atoms with E-state index in [-0.39, 0.29) is 30.7 Å². The van der Waals surface area contributed by atoms with E-state index in [1.807, 2.05) is 86.8 Å². The summed E-state index contributed by atoms with van der Waals surface area (Å²) >= 11 is 0. The third-order valence-electron chi connectivity index (χ3n) is 7.36. The summed E-state index contributed by atoms with van der Waals surface area (Å²) in [6.45, 7) is 6.09. The number of fused-ring (bicyclic) bond motifs is 1. The van der Waals surface area contributed by atoms with Gasteiger partial charge in [0, 0.05) is 61.2 Å². The Morgan fingerprint density at radius 3 is 2.37 bits per heavy atom. The van der Waals surface area contributed by atoms with E-state index in [0.717, 1.165) is 33.2 Å². The highest BCUT2D eigenvalue weighted by atomic mass is 16.3. The lowest BCUT2D eigenvalue weighted by Crippen LogP contribution is -2.51. The number of benzene rings is 3. The van der Waals surface area contributed by atoms with E-state index in [1.54, 1.807) is 20.0 Å². The van der Waals surface area contributed by atoms with Gasteiger partial charge in [0.05, 0.1) is 6.10 Å². The number of hydrogen-bond donors (Lipinski definition) is 6. The van der Waals surface area contributed by atoms with Crippen LogP contribution in [0.5, 0.6) is 0 Å². The third kappa shape index (κ3) is 8.53. The van der Waals surface area contributed by atoms with Crippen molar-refractivity contribution in [1.82, 2.24) is 26.3 Å². The molecule has 0 radical (unpaired) electrons. The molecule has 226 valence electrons. The number of carbonyl (C=O) groups is 3. The van der Waals surface area contributed by atoms with Gasteiger partial charge in [-0.15, -0.1) is 0 Å². The fourth-order valence-corrected chi connectivity index (χ4v) is 5.04. The number of amides is 3. The molecule has 3 amide bonds. The first-order chi connectivity index (χ1) is 20.6. The van der Waals surface area contributed by atoms with Gasteiger partial charge in [-0.3, -0.25) is 14.4 Å². The summed E-state index contributed by atoms with van der Waals surface area (Å²) in [6, 6.07) is 22.2. The van der Waals surface area contributed by atoms with E-state index in [4.69, 9.17) is 0 Å². The van der Waals surface area contributed by atoms with Gasteiger partial charge in [-0.25, -0.2) is 0 Å². The molecule has 0 spiro atoms. The van der Waals surface area contributed by atoms with Crippen molar-refractivity contribution < 1.29 is 19.5 Å². The maximum absolute atomic E-state index is 13.5. The lowest BCUT2D eigenvalue weighted by Gasteiger charge is -2.28. The number of aromatic amines is 1. The second-order valence-electron chi connectivity index (χ2n) is 11.5. The lowest BCUT2D eigenvalue weighted by atomic mass is 9.98. The van der Waals surface area contributed by atoms with Gasteiger partial charge in [0.15, 0.2) is 0 Å². The van der Waals surface area contributed by atoms with Crippen LogP contribution in [0.4, 0.5) is 0 Å². The summed E-state index contributed by atoms with van der Waals surface area (Å²) in [5.74, 6) is -0.706. The Labute approximate surface area is 252 Å². The van der Waals surface area contributed by atoms with Gasteiger partial charge >= 0.3 is 0 Å². The third-order valence-corrected chi connectivity index (χ3v) is 7.36. The first-order valence-corrected chi connectivity index (χ1v) is 14.5. The number of hydrogen-bond acceptors (Lipinski definition) is 5. The molecule has 0 fully saturated rings. The van der Waals surface area contributed by atoms with Gasteiger partial charge in [0.2, 0.25) is 11.8 Å². The Kier molecular flexibility index (Phi) is 10.3. The number of aliphatic hydroxyl groups is 1. The Bertz CT molecular complexity index is 1560. The molecule has 2 unspecified atom stereocenters. The van der Waals surface area contributed by atoms with Gasteiger partial charge in [0.1, 0.15) is 6.04 Å². The van der Waals surface area contributed by atoms with E-state index in [2.05, 4.69) is 26.3 Å². The van der Waals surface area contributed by atoms with E-state index < -0.39 is 17.7 Å². The predicted octanol–water partition coefficient (Wildman–Crippen LogP) is 3.68. The van der Waals surface area contributed by atoms with Crippen molar-refractivity contribution in [2.75, 3.05) is 13.6 Å². The minimum Gasteiger partial charge on any atom is -0.392 e. The molecular weight excluding hydrogens is 542 g/mol. The first-order valence-electron chi connectivity index (χ1n) is 14.5. The fraction of sp³-hybridized carbons (Fsp3) is 0.324. The topological polar surface area (TPSA) is 135 Å². The Balaban J connectivity index is 1.46. The standard InChI is InChI=1S/C34H41N5O4/c1-22(40)19-38-34(2,3)18-31(41)39-30(17-25-21-36-29-12-8-7-10-27(25)29)33(43)37-20-23-13-15-24(16-14-23)26-9-5-6-11-28(26)32(42)35-4/h5-16,21-22,30,36,38,40H,17-20H2,1-4H3,(H,35,42)(H,37,43)(H,39,41). The molecule has 3 aromatic carbocycles. The highest BCUT2D eigenvalue weighted by molar-refractivity contribution is 6.00. The SMILES string of the molecule is CNC(=O)c1ccccc1-c1ccc(CNC(=O)C(Cc2c[nH]c3ccccc23)NC(=O)CC(C)(C)NCC(C)O)cc1. The quantitative estimate of drug-likeness (QED) is 0.143. The van der Waals surface area contributed by atoms with Crippen LogP contribution in [-0.2, 0) is 22.6 Å². The van der Waals surface area contributed by atoms with Gasteiger partial charge < -0.3 is 31.4 Å². The van der Waals surface area contributed by atoms with Gasteiger partial charge in [-0.05, 0) is 55.2 Å². The summed E-state index contributed by atoms with van der Waals surface area (Å²) in [5, 5.41) is 22.4. The summed E-state index contributed by atoms with van der Waals surface area (Å²) in [7, 11) is 1.61. The summed E-state index contributed by atoms with van der Waals surface area (Å²) in [6.07, 6.45) is 1.79. The van der Waals surface area contributed by atoms with Crippen molar-refractivity contribution in [3.8, 4) is 11.1 Å². The minimum atomic E-state index is -0.794. The number of nitrogens with one attached hydrogen (secondary N) is 5. The second kappa shape index (κ2) is 14.1. The van der Waals surface area contributed by atoms with E-state index >= 15 is 0 Å². The zero-order valence-corrected chi connectivity index (χ0v) is 25.2. The molecule has 9 nitrogen and oxygen atoms in total. The van der Waals surface area contributed by atoms with E-state index in [0.29, 0.717) is 18.5 Å². The van der Waals surface area contributed by atoms with Crippen LogP contribution in [0, 0.1) is 0 Å². The Morgan fingerprint density at radius 2 is 1.65 bits per heavy atom. The van der Waals surface area contributed by atoms with Crippen LogP contribution in [0.25, 0.3) is 22.0 Å². The predicted molar refractivity (Wildman–Crippen MR) is 169 cm³/mol. The van der Waals surface area contributed by atoms with Gasteiger partial charge in [-0.2, -0.15) is 0 Å². The number of rotatable bonds is 13. The van der Waals surface area contributed by atoms with Crippen LogP contribution in [0.2, 0.25) is 0 Å². The van der Waals surface area contributed by atoms with Crippen molar-refractivity contribution in [2.24, 2.45) is 0 Å². The van der Waals surface area contributed by atoms with Crippen molar-refractivity contribution in [2.45, 2.75) is 57.8 Å². The van der Waals surface area contributed by atoms with Crippen molar-refractivity contribution >= 4 is 28.6 Å². The molecule has 0 bridgehead atoms. The average molecular weight is 584 g/mol. The molecule has 4 rings (SSSR count). The monoisotopic (exact) mass is 583 g/mol. The summed E-state index contributed by atoms with van der Waals surface area (Å²) in [5.41, 5.74) is 4.52. The Morgan fingerprint density at radius 1 is 0.953 bits per heavy atom. The normalized spacial score (nSPS) is 12.9. The summed E-state index contributed by atoms with van der Waals surface area (Å²) in [4.78, 5) is 42.2. The zero-order valence-electron chi connectivity index (χ0n) is 25.2. The largest absolute Gasteiger partial charge is 0.392 e. The fourth-order valence-electron chi connectivity index (χ4n) is 5.04. The number of aromatic nitrogens is 1.